The van der Waals surface area contributed by atoms with E-state index in [1.54, 1.807) is 12.1 Å². The minimum atomic E-state index is -1.28. The number of halogens is 1. The monoisotopic (exact) mass is 307 g/mol. The summed E-state index contributed by atoms with van der Waals surface area (Å²) >= 11 is 0. The summed E-state index contributed by atoms with van der Waals surface area (Å²) in [5.41, 5.74) is 1.10. The lowest BCUT2D eigenvalue weighted by Gasteiger charge is -2.12. The molecule has 0 bridgehead atoms. The van der Waals surface area contributed by atoms with Crippen LogP contribution in [-0.2, 0) is 11.3 Å². The number of rotatable bonds is 5. The summed E-state index contributed by atoms with van der Waals surface area (Å²) in [4.78, 5) is 27.9. The van der Waals surface area contributed by atoms with Gasteiger partial charge in [0.15, 0.2) is 5.76 Å². The topological polar surface area (TPSA) is 80.0 Å². The summed E-state index contributed by atoms with van der Waals surface area (Å²) in [6, 6.07) is 6.96. The average molecular weight is 307 g/mol. The summed E-state index contributed by atoms with van der Waals surface area (Å²) in [6.07, 6.45) is 0.232. The van der Waals surface area contributed by atoms with Crippen molar-refractivity contribution in [3.63, 3.8) is 0 Å². The molecule has 2 aromatic rings. The highest BCUT2D eigenvalue weighted by Crippen LogP contribution is 2.21. The molecule has 0 atom stereocenters. The molecule has 1 aromatic heterocycles. The molecule has 7 heteroatoms. The Morgan fingerprint density at radius 2 is 1.95 bits per heavy atom. The lowest BCUT2D eigenvalue weighted by Crippen LogP contribution is -2.25. The molecule has 0 saturated heterocycles. The molecule has 0 saturated carbocycles. The van der Waals surface area contributed by atoms with Gasteiger partial charge in [-0.15, -0.1) is 0 Å². The number of furan rings is 1. The van der Waals surface area contributed by atoms with Crippen LogP contribution in [0.3, 0.4) is 0 Å². The van der Waals surface area contributed by atoms with Crippen LogP contribution in [0.5, 0.6) is 0 Å². The molecule has 1 amide bonds. The highest BCUT2D eigenvalue weighted by Gasteiger charge is 2.24. The molecule has 0 aliphatic carbocycles. The number of nitrogens with zero attached hydrogens (tertiary/aromatic N) is 1. The number of carboxylic acid groups (broad SMARTS) is 1. The molecule has 6 nitrogen and oxygen atoms in total. The number of carbonyl (C=O) groups excluding carboxylic acids is 1. The van der Waals surface area contributed by atoms with Crippen LogP contribution in [0, 0.1) is 5.82 Å². The van der Waals surface area contributed by atoms with Crippen molar-refractivity contribution in [1.29, 1.82) is 0 Å². The Hall–Kier alpha value is -2.67. The van der Waals surface area contributed by atoms with E-state index < -0.39 is 11.9 Å². The summed E-state index contributed by atoms with van der Waals surface area (Å²) in [5, 5.41) is 9.93. The number of hydrogen-bond donors (Lipinski definition) is 1. The molecule has 0 fully saturated rings. The van der Waals surface area contributed by atoms with Gasteiger partial charge in [-0.25, -0.2) is 14.2 Å². The first kappa shape index (κ1) is 15.7. The molecule has 0 aliphatic heterocycles. The van der Waals surface area contributed by atoms with Crippen LogP contribution in [0.15, 0.2) is 34.7 Å². The van der Waals surface area contributed by atoms with Gasteiger partial charge in [0.2, 0.25) is 5.76 Å². The quantitative estimate of drug-likeness (QED) is 0.858. The van der Waals surface area contributed by atoms with E-state index in [-0.39, 0.29) is 23.8 Å². The third kappa shape index (κ3) is 3.32. The van der Waals surface area contributed by atoms with Crippen LogP contribution >= 0.6 is 0 Å². The lowest BCUT2D eigenvalue weighted by atomic mass is 10.0. The van der Waals surface area contributed by atoms with E-state index in [0.717, 1.165) is 5.06 Å². The summed E-state index contributed by atoms with van der Waals surface area (Å²) in [6.45, 7) is 0. The van der Waals surface area contributed by atoms with E-state index in [1.807, 2.05) is 0 Å². The molecule has 1 heterocycles. The van der Waals surface area contributed by atoms with Gasteiger partial charge >= 0.3 is 11.9 Å². The fourth-order valence-electron chi connectivity index (χ4n) is 1.89. The number of amides is 1. The molecule has 2 rings (SSSR count). The van der Waals surface area contributed by atoms with Crippen LogP contribution in [0.4, 0.5) is 4.39 Å². The standard InChI is InChI=1S/C15H14FNO5/c1-17(21-2)14(18)13-10(8-12(22-13)15(19)20)7-9-3-5-11(16)6-4-9/h3-6,8H,7H2,1-2H3,(H,19,20). The number of carboxylic acids is 1. The summed E-state index contributed by atoms with van der Waals surface area (Å²) in [5.74, 6) is -2.72. The van der Waals surface area contributed by atoms with Crippen LogP contribution in [0.25, 0.3) is 0 Å². The SMILES string of the molecule is CON(C)C(=O)c1oc(C(=O)O)cc1Cc1ccc(F)cc1. The molecule has 116 valence electrons. The Balaban J connectivity index is 2.38. The van der Waals surface area contributed by atoms with Crippen molar-refractivity contribution in [3.05, 3.63) is 58.8 Å². The molecule has 0 spiro atoms. The van der Waals surface area contributed by atoms with Gasteiger partial charge in [-0.3, -0.25) is 9.63 Å². The van der Waals surface area contributed by atoms with Gasteiger partial charge in [0.1, 0.15) is 5.82 Å². The Kier molecular flexibility index (Phi) is 4.57. The number of hydroxylamine groups is 2. The van der Waals surface area contributed by atoms with Crippen LogP contribution in [-0.4, -0.2) is 36.2 Å². The predicted octanol–water partition coefficient (Wildman–Crippen LogP) is 2.34. The highest BCUT2D eigenvalue weighted by molar-refractivity contribution is 5.94. The Labute approximate surface area is 125 Å². The minimum Gasteiger partial charge on any atom is -0.475 e. The van der Waals surface area contributed by atoms with E-state index in [9.17, 15) is 14.0 Å². The number of hydrogen-bond acceptors (Lipinski definition) is 4. The number of carbonyl (C=O) groups is 2. The third-order valence-electron chi connectivity index (χ3n) is 3.08. The second kappa shape index (κ2) is 6.40. The van der Waals surface area contributed by atoms with Crippen LogP contribution < -0.4 is 0 Å². The smallest absolute Gasteiger partial charge is 0.371 e. The summed E-state index contributed by atoms with van der Waals surface area (Å²) < 4.78 is 18.0. The van der Waals surface area contributed by atoms with Crippen molar-refractivity contribution >= 4 is 11.9 Å². The maximum atomic E-state index is 12.9. The second-order valence-corrected chi connectivity index (χ2v) is 4.56. The molecule has 22 heavy (non-hydrogen) atoms. The van der Waals surface area contributed by atoms with Gasteiger partial charge in [0.25, 0.3) is 0 Å². The first-order valence-electron chi connectivity index (χ1n) is 6.35. The number of benzene rings is 1. The van der Waals surface area contributed by atoms with Crippen molar-refractivity contribution in [3.8, 4) is 0 Å². The molecule has 0 aliphatic rings. The van der Waals surface area contributed by atoms with Gasteiger partial charge < -0.3 is 9.52 Å². The fraction of sp³-hybridized carbons (Fsp3) is 0.200. The first-order valence-corrected chi connectivity index (χ1v) is 6.35. The van der Waals surface area contributed by atoms with Gasteiger partial charge in [-0.2, -0.15) is 0 Å². The zero-order valence-corrected chi connectivity index (χ0v) is 12.0. The Morgan fingerprint density at radius 1 is 1.32 bits per heavy atom. The second-order valence-electron chi connectivity index (χ2n) is 4.56. The van der Waals surface area contributed by atoms with E-state index in [2.05, 4.69) is 0 Å². The molecular weight excluding hydrogens is 293 g/mol. The largest absolute Gasteiger partial charge is 0.475 e. The van der Waals surface area contributed by atoms with Gasteiger partial charge in [0.05, 0.1) is 7.11 Å². The van der Waals surface area contributed by atoms with E-state index in [0.29, 0.717) is 11.1 Å². The maximum Gasteiger partial charge on any atom is 0.371 e. The maximum absolute atomic E-state index is 12.9. The fourth-order valence-corrected chi connectivity index (χ4v) is 1.89. The van der Waals surface area contributed by atoms with Crippen LogP contribution in [0.1, 0.15) is 32.2 Å². The van der Waals surface area contributed by atoms with Gasteiger partial charge in [-0.1, -0.05) is 12.1 Å². The first-order chi connectivity index (χ1) is 10.4. The van der Waals surface area contributed by atoms with Crippen molar-refractivity contribution in [2.75, 3.05) is 14.2 Å². The van der Waals surface area contributed by atoms with Crippen molar-refractivity contribution in [2.45, 2.75) is 6.42 Å². The highest BCUT2D eigenvalue weighted by atomic mass is 19.1. The zero-order valence-electron chi connectivity index (χ0n) is 12.0. The van der Waals surface area contributed by atoms with Crippen molar-refractivity contribution < 1.29 is 28.3 Å². The van der Waals surface area contributed by atoms with Crippen LogP contribution in [0.2, 0.25) is 0 Å². The van der Waals surface area contributed by atoms with Gasteiger partial charge in [0, 0.05) is 19.0 Å². The molecule has 1 aromatic carbocycles. The zero-order chi connectivity index (χ0) is 16.3. The Morgan fingerprint density at radius 3 is 2.50 bits per heavy atom. The molecular formula is C15H14FNO5. The normalized spacial score (nSPS) is 10.5. The van der Waals surface area contributed by atoms with E-state index in [1.165, 1.54) is 32.4 Å². The predicted molar refractivity (Wildman–Crippen MR) is 74.0 cm³/mol. The number of aromatic carboxylic acids is 1. The lowest BCUT2D eigenvalue weighted by molar-refractivity contribution is -0.0774. The van der Waals surface area contributed by atoms with E-state index in [4.69, 9.17) is 14.4 Å². The molecule has 1 N–H and O–H groups in total. The van der Waals surface area contributed by atoms with Gasteiger partial charge in [-0.05, 0) is 23.8 Å². The Bertz CT molecular complexity index is 692. The van der Waals surface area contributed by atoms with Crippen molar-refractivity contribution in [1.82, 2.24) is 5.06 Å². The molecule has 0 unspecified atom stereocenters. The third-order valence-corrected chi connectivity index (χ3v) is 3.08. The van der Waals surface area contributed by atoms with Crippen molar-refractivity contribution in [2.24, 2.45) is 0 Å². The minimum absolute atomic E-state index is 0.119. The molecule has 0 radical (unpaired) electrons. The average Bonchev–Trinajstić information content (AvgIpc) is 2.92. The summed E-state index contributed by atoms with van der Waals surface area (Å²) in [7, 11) is 2.69. The van der Waals surface area contributed by atoms with E-state index >= 15 is 0 Å².